The van der Waals surface area contributed by atoms with Crippen LogP contribution in [0.1, 0.15) is 0 Å². The predicted octanol–water partition coefficient (Wildman–Crippen LogP) is 5.90. The van der Waals surface area contributed by atoms with E-state index in [2.05, 4.69) is 82.8 Å². The van der Waals surface area contributed by atoms with E-state index in [4.69, 9.17) is 0 Å². The summed E-state index contributed by atoms with van der Waals surface area (Å²) >= 11 is 0. The SMILES string of the molecule is [Y].c1ccc2c(c1)[n-]c1ccccc12.c1ccc2c(c1)[n-]c1ccccc12. The molecular formula is C24H16N2Y-2. The van der Waals surface area contributed by atoms with Crippen molar-refractivity contribution >= 4 is 43.6 Å². The summed E-state index contributed by atoms with van der Waals surface area (Å²) in [5, 5.41) is 4.99. The van der Waals surface area contributed by atoms with Crippen LogP contribution in [0.15, 0.2) is 97.1 Å². The molecule has 0 saturated heterocycles. The van der Waals surface area contributed by atoms with Gasteiger partial charge in [-0.1, -0.05) is 97.1 Å². The van der Waals surface area contributed by atoms with Crippen molar-refractivity contribution in [1.82, 2.24) is 9.97 Å². The fourth-order valence-corrected chi connectivity index (χ4v) is 3.46. The third kappa shape index (κ3) is 3.31. The van der Waals surface area contributed by atoms with Crippen LogP contribution >= 0.6 is 0 Å². The van der Waals surface area contributed by atoms with Crippen LogP contribution in [-0.4, -0.2) is 0 Å². The van der Waals surface area contributed by atoms with E-state index < -0.39 is 0 Å². The molecule has 4 aromatic carbocycles. The molecule has 127 valence electrons. The van der Waals surface area contributed by atoms with Gasteiger partial charge in [-0.05, 0) is 21.5 Å². The van der Waals surface area contributed by atoms with Crippen molar-refractivity contribution in [3.05, 3.63) is 97.1 Å². The molecule has 0 bridgehead atoms. The first-order chi connectivity index (χ1) is 12.9. The maximum atomic E-state index is 4.52. The predicted molar refractivity (Wildman–Crippen MR) is 110 cm³/mol. The summed E-state index contributed by atoms with van der Waals surface area (Å²) in [6.07, 6.45) is 0. The summed E-state index contributed by atoms with van der Waals surface area (Å²) in [4.78, 5) is 9.03. The second kappa shape index (κ2) is 7.68. The zero-order valence-corrected chi connectivity index (χ0v) is 17.5. The van der Waals surface area contributed by atoms with Gasteiger partial charge in [0.1, 0.15) is 0 Å². The van der Waals surface area contributed by atoms with Gasteiger partial charge in [0.05, 0.1) is 0 Å². The first-order valence-corrected chi connectivity index (χ1v) is 8.70. The van der Waals surface area contributed by atoms with Crippen LogP contribution in [0.5, 0.6) is 0 Å². The monoisotopic (exact) mass is 421 g/mol. The van der Waals surface area contributed by atoms with E-state index in [0.717, 1.165) is 22.1 Å². The third-order valence-corrected chi connectivity index (χ3v) is 4.68. The van der Waals surface area contributed by atoms with Crippen molar-refractivity contribution in [3.63, 3.8) is 0 Å². The molecule has 0 amide bonds. The van der Waals surface area contributed by atoms with E-state index >= 15 is 0 Å². The van der Waals surface area contributed by atoms with Crippen LogP contribution in [0.4, 0.5) is 0 Å². The Morgan fingerprint density at radius 1 is 0.333 bits per heavy atom. The van der Waals surface area contributed by atoms with E-state index in [9.17, 15) is 0 Å². The minimum Gasteiger partial charge on any atom is -0.657 e. The Hall–Kier alpha value is -2.42. The fraction of sp³-hybridized carbons (Fsp3) is 0. The van der Waals surface area contributed by atoms with Gasteiger partial charge in [-0.3, -0.25) is 0 Å². The zero-order chi connectivity index (χ0) is 17.3. The summed E-state index contributed by atoms with van der Waals surface area (Å²) in [6.45, 7) is 0. The molecule has 0 aliphatic heterocycles. The molecule has 2 nitrogen and oxygen atoms in total. The maximum Gasteiger partial charge on any atom is 0 e. The molecule has 3 heteroatoms. The molecular weight excluding hydrogens is 405 g/mol. The van der Waals surface area contributed by atoms with E-state index in [0.29, 0.717) is 0 Å². The Kier molecular flexibility index (Phi) is 5.11. The number of fused-ring (bicyclic) bond motifs is 6. The van der Waals surface area contributed by atoms with Crippen LogP contribution in [0.25, 0.3) is 43.6 Å². The molecule has 0 aliphatic carbocycles. The second-order valence-electron chi connectivity index (χ2n) is 6.29. The van der Waals surface area contributed by atoms with Gasteiger partial charge < -0.3 is 9.97 Å². The standard InChI is InChI=1S/2C12H8N.Y/c2*1-3-7-11-9(5-1)10-6-2-4-8-12(10)13-11;/h2*1-8H;/q2*-1;. The van der Waals surface area contributed by atoms with Crippen LogP contribution in [0, 0.1) is 0 Å². The fourth-order valence-electron chi connectivity index (χ4n) is 3.46. The largest absolute Gasteiger partial charge is 0.657 e. The van der Waals surface area contributed by atoms with Crippen LogP contribution in [0.2, 0.25) is 0 Å². The smallest absolute Gasteiger partial charge is 0 e. The van der Waals surface area contributed by atoms with Crippen molar-refractivity contribution in [2.24, 2.45) is 0 Å². The molecule has 0 unspecified atom stereocenters. The average molecular weight is 421 g/mol. The molecule has 6 rings (SSSR count). The number of hydrogen-bond acceptors (Lipinski definition) is 0. The summed E-state index contributed by atoms with van der Waals surface area (Å²) < 4.78 is 0. The Morgan fingerprint density at radius 3 is 0.815 bits per heavy atom. The van der Waals surface area contributed by atoms with E-state index in [-0.39, 0.29) is 32.7 Å². The number of aromatic nitrogens is 2. The van der Waals surface area contributed by atoms with Gasteiger partial charge in [0.25, 0.3) is 0 Å². The summed E-state index contributed by atoms with van der Waals surface area (Å²) in [7, 11) is 0. The summed E-state index contributed by atoms with van der Waals surface area (Å²) in [5.74, 6) is 0. The Bertz CT molecular complexity index is 1140. The molecule has 0 atom stereocenters. The van der Waals surface area contributed by atoms with Gasteiger partial charge in [0.15, 0.2) is 0 Å². The minimum absolute atomic E-state index is 0. The molecule has 0 N–H and O–H groups in total. The van der Waals surface area contributed by atoms with Crippen LogP contribution in [-0.2, 0) is 32.7 Å². The number of benzene rings is 4. The quantitative estimate of drug-likeness (QED) is 0.306. The van der Waals surface area contributed by atoms with Gasteiger partial charge in [0.2, 0.25) is 0 Å². The zero-order valence-electron chi connectivity index (χ0n) is 14.7. The molecule has 0 fully saturated rings. The number of hydrogen-bond donors (Lipinski definition) is 0. The minimum atomic E-state index is 0. The van der Waals surface area contributed by atoms with E-state index in [1.165, 1.54) is 21.5 Å². The Morgan fingerprint density at radius 2 is 0.556 bits per heavy atom. The number of para-hydroxylation sites is 4. The van der Waals surface area contributed by atoms with Crippen LogP contribution < -0.4 is 9.97 Å². The molecule has 27 heavy (non-hydrogen) atoms. The number of rotatable bonds is 0. The normalized spacial score (nSPS) is 10.7. The summed E-state index contributed by atoms with van der Waals surface area (Å²) in [6, 6.07) is 33.0. The molecule has 0 aliphatic rings. The van der Waals surface area contributed by atoms with Crippen molar-refractivity contribution in [2.45, 2.75) is 0 Å². The van der Waals surface area contributed by atoms with E-state index in [1.807, 2.05) is 24.3 Å². The average Bonchev–Trinajstić information content (AvgIpc) is 3.27. The first kappa shape index (κ1) is 18.0. The van der Waals surface area contributed by atoms with Crippen molar-refractivity contribution in [1.29, 1.82) is 0 Å². The Labute approximate surface area is 182 Å². The van der Waals surface area contributed by atoms with E-state index in [1.54, 1.807) is 0 Å². The molecule has 2 aromatic heterocycles. The first-order valence-electron chi connectivity index (χ1n) is 8.70. The molecule has 6 aromatic rings. The van der Waals surface area contributed by atoms with Gasteiger partial charge >= 0.3 is 0 Å². The molecule has 0 spiro atoms. The van der Waals surface area contributed by atoms with Gasteiger partial charge in [0, 0.05) is 32.7 Å². The van der Waals surface area contributed by atoms with Gasteiger partial charge in [-0.25, -0.2) is 0 Å². The van der Waals surface area contributed by atoms with Crippen molar-refractivity contribution in [3.8, 4) is 0 Å². The summed E-state index contributed by atoms with van der Waals surface area (Å²) in [5.41, 5.74) is 4.35. The van der Waals surface area contributed by atoms with Crippen molar-refractivity contribution in [2.75, 3.05) is 0 Å². The van der Waals surface area contributed by atoms with Gasteiger partial charge in [-0.2, -0.15) is 0 Å². The molecule has 2 heterocycles. The molecule has 1 radical (unpaired) electrons. The number of nitrogens with zero attached hydrogens (tertiary/aromatic N) is 2. The Balaban J connectivity index is 0.000000129. The maximum absolute atomic E-state index is 4.52. The second-order valence-corrected chi connectivity index (χ2v) is 6.29. The topological polar surface area (TPSA) is 28.2 Å². The van der Waals surface area contributed by atoms with Crippen LogP contribution in [0.3, 0.4) is 0 Å². The van der Waals surface area contributed by atoms with Crippen molar-refractivity contribution < 1.29 is 32.7 Å². The molecule has 0 saturated carbocycles. The van der Waals surface area contributed by atoms with Gasteiger partial charge in [-0.15, -0.1) is 22.1 Å². The third-order valence-electron chi connectivity index (χ3n) is 4.68.